The molecule has 130 valence electrons. The van der Waals surface area contributed by atoms with Crippen molar-refractivity contribution in [2.75, 3.05) is 12.8 Å². The summed E-state index contributed by atoms with van der Waals surface area (Å²) in [6.07, 6.45) is 3.43. The Morgan fingerprint density at radius 3 is 1.96 bits per heavy atom. The summed E-state index contributed by atoms with van der Waals surface area (Å²) in [5.74, 6) is -0.818. The maximum atomic E-state index is 12.9. The first-order valence-electron chi connectivity index (χ1n) is 8.68. The van der Waals surface area contributed by atoms with Crippen molar-refractivity contribution >= 4 is 17.4 Å². The normalized spacial score (nSPS) is 20.0. The van der Waals surface area contributed by atoms with E-state index in [1.807, 2.05) is 48.5 Å². The molecule has 3 rings (SSSR count). The lowest BCUT2D eigenvalue weighted by Crippen LogP contribution is -2.33. The van der Waals surface area contributed by atoms with Gasteiger partial charge in [0.15, 0.2) is 5.78 Å². The van der Waals surface area contributed by atoms with Crippen molar-refractivity contribution in [2.24, 2.45) is 11.8 Å². The Kier molecular flexibility index (Phi) is 5.17. The van der Waals surface area contributed by atoms with Crippen molar-refractivity contribution < 1.29 is 14.3 Å². The van der Waals surface area contributed by atoms with Crippen LogP contribution in [-0.4, -0.2) is 18.9 Å². The summed E-state index contributed by atoms with van der Waals surface area (Å²) in [5, 5.41) is 0. The van der Waals surface area contributed by atoms with Gasteiger partial charge in [-0.15, -0.1) is 0 Å². The van der Waals surface area contributed by atoms with Crippen LogP contribution in [0.4, 0.5) is 5.69 Å². The van der Waals surface area contributed by atoms with Crippen LogP contribution >= 0.6 is 0 Å². The number of hydrogen-bond donors (Lipinski definition) is 1. The second-order valence-electron chi connectivity index (χ2n) is 6.58. The first kappa shape index (κ1) is 17.2. The van der Waals surface area contributed by atoms with Gasteiger partial charge in [-0.25, -0.2) is 0 Å². The van der Waals surface area contributed by atoms with Crippen molar-refractivity contribution in [3.8, 4) is 11.1 Å². The van der Waals surface area contributed by atoms with E-state index < -0.39 is 0 Å². The van der Waals surface area contributed by atoms with Crippen LogP contribution in [0.15, 0.2) is 48.5 Å². The fourth-order valence-corrected chi connectivity index (χ4v) is 3.59. The van der Waals surface area contributed by atoms with Gasteiger partial charge in [-0.05, 0) is 36.1 Å². The Labute approximate surface area is 148 Å². The zero-order valence-electron chi connectivity index (χ0n) is 14.4. The van der Waals surface area contributed by atoms with Gasteiger partial charge in [0.05, 0.1) is 13.0 Å². The van der Waals surface area contributed by atoms with Crippen molar-refractivity contribution in [2.45, 2.75) is 25.7 Å². The molecule has 4 heteroatoms. The van der Waals surface area contributed by atoms with Crippen LogP contribution in [0.5, 0.6) is 0 Å². The van der Waals surface area contributed by atoms with Crippen LogP contribution in [0, 0.1) is 11.8 Å². The highest BCUT2D eigenvalue weighted by atomic mass is 16.5. The zero-order valence-corrected chi connectivity index (χ0v) is 14.4. The van der Waals surface area contributed by atoms with E-state index in [-0.39, 0.29) is 23.6 Å². The summed E-state index contributed by atoms with van der Waals surface area (Å²) in [6, 6.07) is 15.2. The Morgan fingerprint density at radius 1 is 0.880 bits per heavy atom. The monoisotopic (exact) mass is 337 g/mol. The molecule has 0 aliphatic heterocycles. The molecule has 0 unspecified atom stereocenters. The first-order valence-corrected chi connectivity index (χ1v) is 8.68. The smallest absolute Gasteiger partial charge is 0.309 e. The zero-order chi connectivity index (χ0) is 17.8. The fourth-order valence-electron chi connectivity index (χ4n) is 3.59. The summed E-state index contributed by atoms with van der Waals surface area (Å²) in [6.45, 7) is 0. The van der Waals surface area contributed by atoms with Gasteiger partial charge in [-0.2, -0.15) is 0 Å². The standard InChI is InChI=1S/C21H23NO3/c1-25-21(24)19-5-3-2-4-18(19)20(23)16-8-6-14(7-9-16)15-10-12-17(22)13-11-15/h6-13,18-19H,2-5,22H2,1H3/t18-,19+/m0/s1. The third-order valence-electron chi connectivity index (χ3n) is 5.02. The molecule has 0 saturated heterocycles. The maximum absolute atomic E-state index is 12.9. The average Bonchev–Trinajstić information content (AvgIpc) is 2.67. The van der Waals surface area contributed by atoms with E-state index in [0.29, 0.717) is 5.56 Å². The largest absolute Gasteiger partial charge is 0.469 e. The fraction of sp³-hybridized carbons (Fsp3) is 0.333. The SMILES string of the molecule is COC(=O)[C@@H]1CCCC[C@@H]1C(=O)c1ccc(-c2ccc(N)cc2)cc1. The average molecular weight is 337 g/mol. The molecule has 0 heterocycles. The highest BCUT2D eigenvalue weighted by Gasteiger charge is 2.36. The number of benzene rings is 2. The summed E-state index contributed by atoms with van der Waals surface area (Å²) in [7, 11) is 1.39. The molecule has 0 aromatic heterocycles. The van der Waals surface area contributed by atoms with Crippen molar-refractivity contribution in [1.82, 2.24) is 0 Å². The van der Waals surface area contributed by atoms with E-state index in [1.54, 1.807) is 0 Å². The molecular formula is C21H23NO3. The molecule has 0 radical (unpaired) electrons. The molecule has 1 fully saturated rings. The molecule has 2 aromatic rings. The van der Waals surface area contributed by atoms with E-state index in [1.165, 1.54) is 7.11 Å². The van der Waals surface area contributed by atoms with Gasteiger partial charge in [0.1, 0.15) is 0 Å². The van der Waals surface area contributed by atoms with Crippen LogP contribution in [0.25, 0.3) is 11.1 Å². The number of carbonyl (C=O) groups excluding carboxylic acids is 2. The minimum absolute atomic E-state index is 0.0407. The molecular weight excluding hydrogens is 314 g/mol. The highest BCUT2D eigenvalue weighted by Crippen LogP contribution is 2.34. The van der Waals surface area contributed by atoms with Gasteiger partial charge in [-0.3, -0.25) is 9.59 Å². The number of esters is 1. The predicted molar refractivity (Wildman–Crippen MR) is 98.1 cm³/mol. The van der Waals surface area contributed by atoms with Crippen molar-refractivity contribution in [3.05, 3.63) is 54.1 Å². The summed E-state index contributed by atoms with van der Waals surface area (Å²) < 4.78 is 4.89. The molecule has 0 amide bonds. The van der Waals surface area contributed by atoms with Crippen molar-refractivity contribution in [3.63, 3.8) is 0 Å². The van der Waals surface area contributed by atoms with Gasteiger partial charge < -0.3 is 10.5 Å². The topological polar surface area (TPSA) is 69.4 Å². The maximum Gasteiger partial charge on any atom is 0.309 e. The Hall–Kier alpha value is -2.62. The summed E-state index contributed by atoms with van der Waals surface area (Å²) in [5.41, 5.74) is 9.18. The lowest BCUT2D eigenvalue weighted by Gasteiger charge is -2.28. The minimum atomic E-state index is -0.317. The van der Waals surface area contributed by atoms with Gasteiger partial charge in [-0.1, -0.05) is 49.2 Å². The molecule has 25 heavy (non-hydrogen) atoms. The quantitative estimate of drug-likeness (QED) is 0.518. The predicted octanol–water partition coefficient (Wildman–Crippen LogP) is 4.10. The number of Topliss-reactive ketones (excluding diaryl/α,β-unsaturated/α-hetero) is 1. The molecule has 1 aliphatic carbocycles. The third kappa shape index (κ3) is 3.73. The lowest BCUT2D eigenvalue weighted by molar-refractivity contribution is -0.147. The number of hydrogen-bond acceptors (Lipinski definition) is 4. The van der Waals surface area contributed by atoms with Crippen molar-refractivity contribution in [1.29, 1.82) is 0 Å². The number of nitrogen functional groups attached to an aromatic ring is 1. The second-order valence-corrected chi connectivity index (χ2v) is 6.58. The third-order valence-corrected chi connectivity index (χ3v) is 5.02. The number of nitrogens with two attached hydrogens (primary N) is 1. The molecule has 2 atom stereocenters. The Morgan fingerprint density at radius 2 is 1.40 bits per heavy atom. The van der Waals surface area contributed by atoms with E-state index in [0.717, 1.165) is 42.5 Å². The number of anilines is 1. The number of carbonyl (C=O) groups is 2. The summed E-state index contributed by atoms with van der Waals surface area (Å²) >= 11 is 0. The molecule has 0 spiro atoms. The van der Waals surface area contributed by atoms with Gasteiger partial charge >= 0.3 is 5.97 Å². The first-order chi connectivity index (χ1) is 12.1. The Balaban J connectivity index is 1.80. The molecule has 2 aromatic carbocycles. The van der Waals surface area contributed by atoms with Gasteiger partial charge in [0.2, 0.25) is 0 Å². The molecule has 1 aliphatic rings. The van der Waals surface area contributed by atoms with E-state index >= 15 is 0 Å². The molecule has 1 saturated carbocycles. The van der Waals surface area contributed by atoms with Gasteiger partial charge in [0, 0.05) is 17.2 Å². The number of rotatable bonds is 4. The van der Waals surface area contributed by atoms with Gasteiger partial charge in [0.25, 0.3) is 0 Å². The Bertz CT molecular complexity index is 750. The lowest BCUT2D eigenvalue weighted by atomic mass is 9.75. The van der Waals surface area contributed by atoms with E-state index in [9.17, 15) is 9.59 Å². The highest BCUT2D eigenvalue weighted by molar-refractivity contribution is 6.00. The summed E-state index contributed by atoms with van der Waals surface area (Å²) in [4.78, 5) is 24.9. The van der Waals surface area contributed by atoms with E-state index in [4.69, 9.17) is 10.5 Å². The minimum Gasteiger partial charge on any atom is -0.469 e. The van der Waals surface area contributed by atoms with Crippen LogP contribution in [-0.2, 0) is 9.53 Å². The number of methoxy groups -OCH3 is 1. The van der Waals surface area contributed by atoms with Crippen LogP contribution < -0.4 is 5.73 Å². The molecule has 0 bridgehead atoms. The van der Waals surface area contributed by atoms with E-state index in [2.05, 4.69) is 0 Å². The van der Waals surface area contributed by atoms with Crippen LogP contribution in [0.1, 0.15) is 36.0 Å². The number of ether oxygens (including phenoxy) is 1. The molecule has 2 N–H and O–H groups in total. The number of ketones is 1. The molecule has 4 nitrogen and oxygen atoms in total. The second kappa shape index (κ2) is 7.51. The van der Waals surface area contributed by atoms with Crippen LogP contribution in [0.2, 0.25) is 0 Å². The van der Waals surface area contributed by atoms with Crippen LogP contribution in [0.3, 0.4) is 0 Å².